The smallest absolute Gasteiger partial charge is 0.347 e. The molecule has 0 unspecified atom stereocenters. The number of rotatable bonds is 4. The van der Waals surface area contributed by atoms with Crippen molar-refractivity contribution < 1.29 is 12.6 Å². The zero-order valence-electron chi connectivity index (χ0n) is 7.83. The molecule has 0 aliphatic rings. The molecule has 0 radical (unpaired) electrons. The Morgan fingerprint density at radius 1 is 1.36 bits per heavy atom. The van der Waals surface area contributed by atoms with E-state index in [0.29, 0.717) is 12.2 Å². The first-order chi connectivity index (χ1) is 6.77. The zero-order chi connectivity index (χ0) is 10.4. The van der Waals surface area contributed by atoms with E-state index in [9.17, 15) is 4.79 Å². The molecule has 14 heavy (non-hydrogen) atoms. The van der Waals surface area contributed by atoms with Crippen molar-refractivity contribution in [3.63, 3.8) is 0 Å². The summed E-state index contributed by atoms with van der Waals surface area (Å²) in [4.78, 5) is 11.1. The van der Waals surface area contributed by atoms with Gasteiger partial charge in [-0.05, 0) is 30.7 Å². The van der Waals surface area contributed by atoms with Gasteiger partial charge in [0.15, 0.2) is 23.0 Å². The van der Waals surface area contributed by atoms with E-state index in [0.717, 1.165) is 12.2 Å². The summed E-state index contributed by atoms with van der Waals surface area (Å²) >= 11 is 1.57. The Morgan fingerprint density at radius 3 is 2.50 bits per heavy atom. The van der Waals surface area contributed by atoms with Crippen molar-refractivity contribution >= 4 is 29.0 Å². The normalized spacial score (nSPS) is 9.57. The molecule has 0 spiro atoms. The largest absolute Gasteiger partial charge is 0.494 e. The molecule has 0 atom stereocenters. The fraction of sp³-hybridized carbons (Fsp3) is 0.300. The highest BCUT2D eigenvalue weighted by molar-refractivity contribution is 14.1. The van der Waals surface area contributed by atoms with Crippen LogP contribution in [-0.2, 0) is 3.07 Å². The molecule has 0 aromatic heterocycles. The van der Waals surface area contributed by atoms with Crippen molar-refractivity contribution in [3.05, 3.63) is 29.8 Å². The Balaban J connectivity index is 2.63. The Kier molecular flexibility index (Phi) is 4.72. The van der Waals surface area contributed by atoms with Gasteiger partial charge in [0.2, 0.25) is 0 Å². The van der Waals surface area contributed by atoms with Crippen LogP contribution < -0.4 is 4.74 Å². The summed E-state index contributed by atoms with van der Waals surface area (Å²) in [5.41, 5.74) is 0.531. The monoisotopic (exact) mass is 306 g/mol. The molecule has 76 valence electrons. The third-order valence-electron chi connectivity index (χ3n) is 1.63. The molecule has 0 fully saturated rings. The summed E-state index contributed by atoms with van der Waals surface area (Å²) in [5.74, 6) is 0.435. The number of halogens is 1. The zero-order valence-corrected chi connectivity index (χ0v) is 9.98. The van der Waals surface area contributed by atoms with E-state index in [1.807, 2.05) is 6.92 Å². The van der Waals surface area contributed by atoms with Gasteiger partial charge in [-0.15, -0.1) is 0 Å². The van der Waals surface area contributed by atoms with E-state index in [2.05, 4.69) is 3.07 Å². The van der Waals surface area contributed by atoms with Crippen molar-refractivity contribution in [2.45, 2.75) is 13.3 Å². The predicted octanol–water partition coefficient (Wildman–Crippen LogP) is 2.98. The van der Waals surface area contributed by atoms with Crippen LogP contribution in [0.15, 0.2) is 24.3 Å². The fourth-order valence-corrected chi connectivity index (χ4v) is 1.21. The molecule has 0 amide bonds. The second-order valence-corrected chi connectivity index (χ2v) is 3.18. The van der Waals surface area contributed by atoms with Crippen LogP contribution in [0.1, 0.15) is 23.7 Å². The average Bonchev–Trinajstić information content (AvgIpc) is 2.26. The molecule has 0 N–H and O–H groups in total. The van der Waals surface area contributed by atoms with Crippen LogP contribution >= 0.6 is 23.0 Å². The van der Waals surface area contributed by atoms with E-state index in [1.54, 1.807) is 47.3 Å². The SMILES string of the molecule is CCCOc1ccc(C(=O)OI)cc1. The Hall–Kier alpha value is -0.780. The number of ether oxygens (including phenoxy) is 1. The van der Waals surface area contributed by atoms with Gasteiger partial charge in [0.1, 0.15) is 5.75 Å². The van der Waals surface area contributed by atoms with Gasteiger partial charge in [0, 0.05) is 0 Å². The standard InChI is InChI=1S/C10H11IO3/c1-2-7-13-9-5-3-8(4-6-9)10(12)14-11/h3-6H,2,7H2,1H3. The highest BCUT2D eigenvalue weighted by Crippen LogP contribution is 2.13. The Morgan fingerprint density at radius 2 is 2.00 bits per heavy atom. The first-order valence-corrected chi connectivity index (χ1v) is 5.21. The van der Waals surface area contributed by atoms with Gasteiger partial charge in [0.05, 0.1) is 12.2 Å². The summed E-state index contributed by atoms with van der Waals surface area (Å²) < 4.78 is 9.92. The number of hydrogen-bond donors (Lipinski definition) is 0. The highest BCUT2D eigenvalue weighted by Gasteiger charge is 2.04. The molecular weight excluding hydrogens is 295 g/mol. The Labute approximate surface area is 97.1 Å². The van der Waals surface area contributed by atoms with Crippen LogP contribution in [0.2, 0.25) is 0 Å². The maximum atomic E-state index is 11.1. The van der Waals surface area contributed by atoms with E-state index in [-0.39, 0.29) is 5.97 Å². The van der Waals surface area contributed by atoms with Gasteiger partial charge in [-0.25, -0.2) is 4.79 Å². The maximum Gasteiger partial charge on any atom is 0.347 e. The predicted molar refractivity (Wildman–Crippen MR) is 61.7 cm³/mol. The minimum atomic E-state index is -0.340. The van der Waals surface area contributed by atoms with Gasteiger partial charge in [0.25, 0.3) is 0 Å². The third-order valence-corrected chi connectivity index (χ3v) is 2.03. The quantitative estimate of drug-likeness (QED) is 0.802. The van der Waals surface area contributed by atoms with Crippen molar-refractivity contribution in [3.8, 4) is 5.75 Å². The molecule has 1 aromatic carbocycles. The lowest BCUT2D eigenvalue weighted by Crippen LogP contribution is -1.98. The average molecular weight is 306 g/mol. The third kappa shape index (κ3) is 3.17. The summed E-state index contributed by atoms with van der Waals surface area (Å²) in [6.45, 7) is 2.73. The maximum absolute atomic E-state index is 11.1. The molecule has 0 aliphatic heterocycles. The summed E-state index contributed by atoms with van der Waals surface area (Å²) in [7, 11) is 0. The number of carbonyl (C=O) groups is 1. The lowest BCUT2D eigenvalue weighted by Gasteiger charge is -2.04. The van der Waals surface area contributed by atoms with Crippen LogP contribution in [0.5, 0.6) is 5.75 Å². The van der Waals surface area contributed by atoms with Crippen molar-refractivity contribution in [1.82, 2.24) is 0 Å². The first-order valence-electron chi connectivity index (χ1n) is 4.33. The molecule has 0 bridgehead atoms. The van der Waals surface area contributed by atoms with Gasteiger partial charge < -0.3 is 7.80 Å². The van der Waals surface area contributed by atoms with Crippen LogP contribution in [0.3, 0.4) is 0 Å². The molecule has 1 aromatic rings. The number of benzene rings is 1. The van der Waals surface area contributed by atoms with Crippen LogP contribution in [-0.4, -0.2) is 12.6 Å². The molecule has 1 rings (SSSR count). The van der Waals surface area contributed by atoms with E-state index in [4.69, 9.17) is 4.74 Å². The van der Waals surface area contributed by atoms with Crippen LogP contribution in [0, 0.1) is 0 Å². The van der Waals surface area contributed by atoms with Crippen LogP contribution in [0.4, 0.5) is 0 Å². The molecule has 0 heterocycles. The van der Waals surface area contributed by atoms with E-state index >= 15 is 0 Å². The first kappa shape index (κ1) is 11.3. The topological polar surface area (TPSA) is 35.5 Å². The van der Waals surface area contributed by atoms with Crippen molar-refractivity contribution in [2.24, 2.45) is 0 Å². The summed E-state index contributed by atoms with van der Waals surface area (Å²) in [6.07, 6.45) is 0.970. The Bertz CT molecular complexity index is 295. The minimum absolute atomic E-state index is 0.340. The van der Waals surface area contributed by atoms with E-state index in [1.165, 1.54) is 0 Å². The van der Waals surface area contributed by atoms with Crippen molar-refractivity contribution in [2.75, 3.05) is 6.61 Å². The van der Waals surface area contributed by atoms with Gasteiger partial charge in [-0.3, -0.25) is 0 Å². The minimum Gasteiger partial charge on any atom is -0.494 e. The van der Waals surface area contributed by atoms with Crippen LogP contribution in [0.25, 0.3) is 0 Å². The molecular formula is C10H11IO3. The molecule has 3 nitrogen and oxygen atoms in total. The fourth-order valence-electron chi connectivity index (χ4n) is 0.952. The number of carbonyl (C=O) groups excluding carboxylic acids is 1. The molecule has 0 saturated heterocycles. The second-order valence-electron chi connectivity index (χ2n) is 2.74. The second kappa shape index (κ2) is 5.85. The molecule has 4 heteroatoms. The summed E-state index contributed by atoms with van der Waals surface area (Å²) in [6, 6.07) is 6.90. The summed E-state index contributed by atoms with van der Waals surface area (Å²) in [5, 5.41) is 0. The lowest BCUT2D eigenvalue weighted by molar-refractivity contribution is 0.0800. The van der Waals surface area contributed by atoms with E-state index < -0.39 is 0 Å². The van der Waals surface area contributed by atoms with Gasteiger partial charge >= 0.3 is 5.97 Å². The highest BCUT2D eigenvalue weighted by atomic mass is 127. The van der Waals surface area contributed by atoms with Gasteiger partial charge in [-0.2, -0.15) is 0 Å². The lowest BCUT2D eigenvalue weighted by atomic mass is 10.2. The molecule has 0 saturated carbocycles. The van der Waals surface area contributed by atoms with Gasteiger partial charge in [-0.1, -0.05) is 6.92 Å². The molecule has 0 aliphatic carbocycles. The van der Waals surface area contributed by atoms with Crippen molar-refractivity contribution in [1.29, 1.82) is 0 Å². The number of hydrogen-bond acceptors (Lipinski definition) is 3.